The molecule has 1 unspecified atom stereocenters. The average Bonchev–Trinajstić information content (AvgIpc) is 2.69. The van der Waals surface area contributed by atoms with Gasteiger partial charge in [0.25, 0.3) is 0 Å². The smallest absolute Gasteiger partial charge is 0.163 e. The van der Waals surface area contributed by atoms with Gasteiger partial charge < -0.3 is 0 Å². The molecule has 0 aliphatic heterocycles. The van der Waals surface area contributed by atoms with Gasteiger partial charge in [-0.05, 0) is 24.5 Å². The van der Waals surface area contributed by atoms with Crippen LogP contribution in [0, 0.1) is 6.92 Å². The SMILES string of the molecule is Cc1nc(-c2ccccc2)nc(C2C=CC(c3ccccc3)=CC2)n1. The van der Waals surface area contributed by atoms with Crippen molar-refractivity contribution in [2.45, 2.75) is 19.3 Å². The van der Waals surface area contributed by atoms with Gasteiger partial charge in [-0.15, -0.1) is 0 Å². The lowest BCUT2D eigenvalue weighted by atomic mass is 9.92. The summed E-state index contributed by atoms with van der Waals surface area (Å²) < 4.78 is 0. The van der Waals surface area contributed by atoms with Crippen LogP contribution in [0.25, 0.3) is 17.0 Å². The Bertz CT molecular complexity index is 928. The van der Waals surface area contributed by atoms with Crippen LogP contribution in [0.4, 0.5) is 0 Å². The minimum atomic E-state index is 0.191. The summed E-state index contributed by atoms with van der Waals surface area (Å²) in [6.45, 7) is 1.93. The van der Waals surface area contributed by atoms with Gasteiger partial charge in [0.2, 0.25) is 0 Å². The third-order valence-corrected chi connectivity index (χ3v) is 4.34. The van der Waals surface area contributed by atoms with Gasteiger partial charge in [-0.1, -0.05) is 78.9 Å². The summed E-state index contributed by atoms with van der Waals surface area (Å²) in [6, 6.07) is 20.5. The molecule has 1 aromatic heterocycles. The molecule has 0 saturated heterocycles. The Balaban J connectivity index is 1.61. The van der Waals surface area contributed by atoms with E-state index in [1.807, 2.05) is 43.3 Å². The Kier molecular flexibility index (Phi) is 4.21. The van der Waals surface area contributed by atoms with Gasteiger partial charge in [0.1, 0.15) is 11.6 Å². The van der Waals surface area contributed by atoms with Gasteiger partial charge in [-0.2, -0.15) is 0 Å². The first-order valence-electron chi connectivity index (χ1n) is 8.51. The van der Waals surface area contributed by atoms with Crippen molar-refractivity contribution in [2.24, 2.45) is 0 Å². The molecule has 0 fully saturated rings. The van der Waals surface area contributed by atoms with Crippen LogP contribution in [0.2, 0.25) is 0 Å². The third kappa shape index (κ3) is 3.41. The zero-order chi connectivity index (χ0) is 17.1. The number of hydrogen-bond acceptors (Lipinski definition) is 3. The fourth-order valence-corrected chi connectivity index (χ4v) is 3.04. The van der Waals surface area contributed by atoms with E-state index in [4.69, 9.17) is 4.98 Å². The monoisotopic (exact) mass is 325 g/mol. The maximum absolute atomic E-state index is 4.72. The van der Waals surface area contributed by atoms with Crippen LogP contribution in [0.3, 0.4) is 0 Å². The van der Waals surface area contributed by atoms with Crippen LogP contribution in [0.15, 0.2) is 78.9 Å². The van der Waals surface area contributed by atoms with Crippen molar-refractivity contribution in [3.63, 3.8) is 0 Å². The number of nitrogens with zero attached hydrogens (tertiary/aromatic N) is 3. The van der Waals surface area contributed by atoms with Crippen LogP contribution < -0.4 is 0 Å². The second-order valence-corrected chi connectivity index (χ2v) is 6.16. The first kappa shape index (κ1) is 15.5. The Morgan fingerprint density at radius 3 is 2.12 bits per heavy atom. The molecule has 3 heteroatoms. The van der Waals surface area contributed by atoms with Crippen molar-refractivity contribution in [1.82, 2.24) is 15.0 Å². The van der Waals surface area contributed by atoms with Crippen molar-refractivity contribution in [3.05, 3.63) is 96.1 Å². The summed E-state index contributed by atoms with van der Waals surface area (Å²) in [6.07, 6.45) is 7.54. The zero-order valence-corrected chi connectivity index (χ0v) is 14.1. The summed E-state index contributed by atoms with van der Waals surface area (Å²) in [5.74, 6) is 2.53. The molecular formula is C22H19N3. The van der Waals surface area contributed by atoms with Gasteiger partial charge in [0.05, 0.1) is 0 Å². The lowest BCUT2D eigenvalue weighted by Crippen LogP contribution is -2.08. The third-order valence-electron chi connectivity index (χ3n) is 4.34. The topological polar surface area (TPSA) is 38.7 Å². The van der Waals surface area contributed by atoms with Gasteiger partial charge >= 0.3 is 0 Å². The predicted octanol–water partition coefficient (Wildman–Crippen LogP) is 4.97. The first-order chi connectivity index (χ1) is 12.3. The summed E-state index contributed by atoms with van der Waals surface area (Å²) in [7, 11) is 0. The molecule has 0 saturated carbocycles. The molecule has 2 aromatic carbocycles. The van der Waals surface area contributed by atoms with E-state index in [9.17, 15) is 0 Å². The molecule has 1 heterocycles. The van der Waals surface area contributed by atoms with E-state index in [1.165, 1.54) is 11.1 Å². The molecule has 3 nitrogen and oxygen atoms in total. The van der Waals surface area contributed by atoms with Crippen molar-refractivity contribution >= 4 is 5.57 Å². The molecule has 0 N–H and O–H groups in total. The van der Waals surface area contributed by atoms with Crippen molar-refractivity contribution in [3.8, 4) is 11.4 Å². The average molecular weight is 325 g/mol. The normalized spacial score (nSPS) is 16.5. The van der Waals surface area contributed by atoms with E-state index >= 15 is 0 Å². The zero-order valence-electron chi connectivity index (χ0n) is 14.1. The first-order valence-corrected chi connectivity index (χ1v) is 8.51. The highest BCUT2D eigenvalue weighted by Crippen LogP contribution is 2.29. The number of aromatic nitrogens is 3. The molecule has 0 bridgehead atoms. The van der Waals surface area contributed by atoms with Crippen LogP contribution in [0.5, 0.6) is 0 Å². The van der Waals surface area contributed by atoms with E-state index in [0.717, 1.165) is 29.5 Å². The van der Waals surface area contributed by atoms with E-state index < -0.39 is 0 Å². The van der Waals surface area contributed by atoms with E-state index in [-0.39, 0.29) is 5.92 Å². The fraction of sp³-hybridized carbons (Fsp3) is 0.136. The summed E-state index contributed by atoms with van der Waals surface area (Å²) >= 11 is 0. The summed E-state index contributed by atoms with van der Waals surface area (Å²) in [5.41, 5.74) is 3.52. The minimum absolute atomic E-state index is 0.191. The number of hydrogen-bond donors (Lipinski definition) is 0. The summed E-state index contributed by atoms with van der Waals surface area (Å²) in [4.78, 5) is 13.8. The highest BCUT2D eigenvalue weighted by atomic mass is 15.0. The molecule has 1 aliphatic rings. The van der Waals surface area contributed by atoms with Crippen molar-refractivity contribution in [2.75, 3.05) is 0 Å². The lowest BCUT2D eigenvalue weighted by Gasteiger charge is -2.16. The fourth-order valence-electron chi connectivity index (χ4n) is 3.04. The molecule has 0 radical (unpaired) electrons. The number of benzene rings is 2. The molecule has 25 heavy (non-hydrogen) atoms. The molecule has 4 rings (SSSR count). The quantitative estimate of drug-likeness (QED) is 0.682. The second kappa shape index (κ2) is 6.81. The van der Waals surface area contributed by atoms with Crippen molar-refractivity contribution < 1.29 is 0 Å². The van der Waals surface area contributed by atoms with E-state index in [1.54, 1.807) is 0 Å². The number of allylic oxidation sites excluding steroid dienone is 4. The molecule has 122 valence electrons. The standard InChI is InChI=1S/C22H19N3/c1-16-23-21(19-10-6-3-7-11-19)25-22(24-16)20-14-12-18(13-15-20)17-8-4-2-5-9-17/h2-14,20H,15H2,1H3. The Labute approximate surface area is 147 Å². The van der Waals surface area contributed by atoms with Gasteiger partial charge in [0, 0.05) is 11.5 Å². The van der Waals surface area contributed by atoms with Gasteiger partial charge in [-0.3, -0.25) is 0 Å². The lowest BCUT2D eigenvalue weighted by molar-refractivity contribution is 0.751. The molecule has 0 amide bonds. The maximum Gasteiger partial charge on any atom is 0.163 e. The molecule has 1 atom stereocenters. The van der Waals surface area contributed by atoms with Gasteiger partial charge in [-0.25, -0.2) is 15.0 Å². The second-order valence-electron chi connectivity index (χ2n) is 6.16. The van der Waals surface area contributed by atoms with Crippen LogP contribution in [0.1, 0.15) is 29.6 Å². The van der Waals surface area contributed by atoms with Crippen LogP contribution in [-0.4, -0.2) is 15.0 Å². The largest absolute Gasteiger partial charge is 0.218 e. The predicted molar refractivity (Wildman–Crippen MR) is 101 cm³/mol. The molecule has 0 spiro atoms. The molecule has 3 aromatic rings. The Hall–Kier alpha value is -3.07. The van der Waals surface area contributed by atoms with E-state index in [0.29, 0.717) is 0 Å². The molecule has 1 aliphatic carbocycles. The summed E-state index contributed by atoms with van der Waals surface area (Å²) in [5, 5.41) is 0. The number of aryl methyl sites for hydroxylation is 1. The molecular weight excluding hydrogens is 306 g/mol. The van der Waals surface area contributed by atoms with E-state index in [2.05, 4.69) is 52.5 Å². The highest BCUT2D eigenvalue weighted by Gasteiger charge is 2.17. The maximum atomic E-state index is 4.72. The Morgan fingerprint density at radius 1 is 0.800 bits per heavy atom. The van der Waals surface area contributed by atoms with Crippen LogP contribution >= 0.6 is 0 Å². The van der Waals surface area contributed by atoms with Gasteiger partial charge in [0.15, 0.2) is 5.82 Å². The highest BCUT2D eigenvalue weighted by molar-refractivity contribution is 5.75. The number of rotatable bonds is 3. The van der Waals surface area contributed by atoms with Crippen LogP contribution in [-0.2, 0) is 0 Å². The van der Waals surface area contributed by atoms with Crippen molar-refractivity contribution in [1.29, 1.82) is 0 Å². The minimum Gasteiger partial charge on any atom is -0.218 e. The Morgan fingerprint density at radius 2 is 1.48 bits per heavy atom.